The van der Waals surface area contributed by atoms with Gasteiger partial charge in [-0.15, -0.1) is 0 Å². The van der Waals surface area contributed by atoms with Gasteiger partial charge in [-0.25, -0.2) is 15.0 Å². The zero-order chi connectivity index (χ0) is 21.9. The van der Waals surface area contributed by atoms with Gasteiger partial charge in [0, 0.05) is 11.2 Å². The number of hydrogen-bond acceptors (Lipinski definition) is 11. The lowest BCUT2D eigenvalue weighted by molar-refractivity contribution is -0.227. The molecule has 0 radical (unpaired) electrons. The van der Waals surface area contributed by atoms with Gasteiger partial charge in [-0.05, 0) is 12.8 Å². The van der Waals surface area contributed by atoms with Crippen LogP contribution >= 0.6 is 19.6 Å². The molecule has 3 rings (SSSR count). The Hall–Kier alpha value is -1.56. The summed E-state index contributed by atoms with van der Waals surface area (Å²) in [6.45, 7) is 5.11. The molecule has 1 saturated heterocycles. The van der Waals surface area contributed by atoms with Crippen LogP contribution in [0, 0.1) is 5.41 Å². The van der Waals surface area contributed by atoms with E-state index in [0.717, 1.165) is 11.8 Å². The largest absolute Gasteiger partial charge is 0.756 e. The first-order chi connectivity index (χ1) is 14.1. The number of hydrogen-bond donors (Lipinski definition) is 1. The van der Waals surface area contributed by atoms with E-state index < -0.39 is 19.3 Å². The van der Waals surface area contributed by atoms with Crippen LogP contribution in [0.5, 0.6) is 0 Å². The van der Waals surface area contributed by atoms with E-state index in [1.165, 1.54) is 6.33 Å². The van der Waals surface area contributed by atoms with E-state index in [0.29, 0.717) is 24.0 Å². The van der Waals surface area contributed by atoms with E-state index in [1.807, 2.05) is 0 Å². The number of carbonyl (C=O) groups is 1. The van der Waals surface area contributed by atoms with Gasteiger partial charge in [-0.1, -0.05) is 32.5 Å². The maximum Gasteiger partial charge on any atom is 0.267 e. The van der Waals surface area contributed by atoms with Gasteiger partial charge in [0.15, 0.2) is 16.6 Å². The molecule has 3 atom stereocenters. The van der Waals surface area contributed by atoms with Crippen molar-refractivity contribution in [3.8, 4) is 0 Å². The lowest BCUT2D eigenvalue weighted by Crippen LogP contribution is -2.20. The van der Waals surface area contributed by atoms with Crippen LogP contribution in [0.1, 0.15) is 39.8 Å². The fraction of sp³-hybridized carbons (Fsp3) is 0.647. The van der Waals surface area contributed by atoms with Gasteiger partial charge in [0.05, 0.1) is 25.6 Å². The summed E-state index contributed by atoms with van der Waals surface area (Å²) in [5.74, 6) is 0.510. The molecule has 1 aliphatic rings. The van der Waals surface area contributed by atoms with Crippen LogP contribution in [0.2, 0.25) is 0 Å². The molecule has 1 fully saturated rings. The summed E-state index contributed by atoms with van der Waals surface area (Å²) < 4.78 is 29.3. The highest BCUT2D eigenvalue weighted by Gasteiger charge is 2.29. The number of aromatic nitrogens is 4. The predicted molar refractivity (Wildman–Crippen MR) is 109 cm³/mol. The third-order valence-corrected chi connectivity index (χ3v) is 6.59. The number of phosphoric ester groups is 1. The molecule has 0 amide bonds. The first-order valence-electron chi connectivity index (χ1n) is 9.42. The summed E-state index contributed by atoms with van der Waals surface area (Å²) in [5, 5.41) is -0.0304. The van der Waals surface area contributed by atoms with Crippen LogP contribution < -0.4 is 10.6 Å². The molecule has 3 heterocycles. The molecule has 0 spiro atoms. The Labute approximate surface area is 178 Å². The summed E-state index contributed by atoms with van der Waals surface area (Å²) in [5.41, 5.74) is 6.34. The van der Waals surface area contributed by atoms with Crippen LogP contribution in [0.3, 0.4) is 0 Å². The van der Waals surface area contributed by atoms with Crippen molar-refractivity contribution in [1.29, 1.82) is 0 Å². The van der Waals surface area contributed by atoms with Crippen LogP contribution in [0.15, 0.2) is 12.7 Å². The van der Waals surface area contributed by atoms with Crippen molar-refractivity contribution in [3.63, 3.8) is 0 Å². The highest BCUT2D eigenvalue weighted by Crippen LogP contribution is 2.40. The SMILES string of the molecule is CC(C)(C)C(=O)SCCOP(=O)([O-])OCC1CCC(n2cnc3c(N)ncnc32)O1. The number of nitrogens with zero attached hydrogens (tertiary/aromatic N) is 4. The molecule has 30 heavy (non-hydrogen) atoms. The minimum atomic E-state index is -4.48. The zero-order valence-electron chi connectivity index (χ0n) is 17.0. The number of ether oxygens (including phenoxy) is 1. The van der Waals surface area contributed by atoms with Gasteiger partial charge >= 0.3 is 0 Å². The minimum Gasteiger partial charge on any atom is -0.756 e. The highest BCUT2D eigenvalue weighted by molar-refractivity contribution is 8.13. The summed E-state index contributed by atoms with van der Waals surface area (Å²) >= 11 is 1.04. The Morgan fingerprint density at radius 2 is 2.13 bits per heavy atom. The van der Waals surface area contributed by atoms with E-state index in [-0.39, 0.29) is 36.1 Å². The molecule has 2 aromatic heterocycles. The molecule has 1 aliphatic heterocycles. The van der Waals surface area contributed by atoms with Crippen molar-refractivity contribution in [2.24, 2.45) is 5.41 Å². The number of nitrogen functional groups attached to an aromatic ring is 1. The summed E-state index contributed by atoms with van der Waals surface area (Å²) in [6, 6.07) is 0. The van der Waals surface area contributed by atoms with Crippen molar-refractivity contribution >= 4 is 41.7 Å². The molecular formula is C17H25N5O6PS-. The lowest BCUT2D eigenvalue weighted by atomic mass is 10.00. The third kappa shape index (κ3) is 5.77. The van der Waals surface area contributed by atoms with Gasteiger partial charge in [0.2, 0.25) is 0 Å². The topological polar surface area (TPSA) is 155 Å². The van der Waals surface area contributed by atoms with Gasteiger partial charge in [0.1, 0.15) is 18.1 Å². The number of phosphoric acid groups is 1. The first kappa shape index (κ1) is 23.1. The second-order valence-electron chi connectivity index (χ2n) is 7.84. The van der Waals surface area contributed by atoms with Crippen LogP contribution in [0.4, 0.5) is 5.82 Å². The number of thioether (sulfide) groups is 1. The number of carbonyl (C=O) groups excluding carboxylic acids is 1. The van der Waals surface area contributed by atoms with Gasteiger partial charge in [0.25, 0.3) is 7.82 Å². The number of fused-ring (bicyclic) bond motifs is 1. The highest BCUT2D eigenvalue weighted by atomic mass is 32.2. The molecule has 0 bridgehead atoms. The van der Waals surface area contributed by atoms with E-state index in [2.05, 4.69) is 15.0 Å². The molecule has 0 saturated carbocycles. The molecule has 0 aromatic carbocycles. The number of anilines is 1. The van der Waals surface area contributed by atoms with E-state index in [1.54, 1.807) is 31.7 Å². The molecular weight excluding hydrogens is 433 g/mol. The Balaban J connectivity index is 1.44. The monoisotopic (exact) mass is 458 g/mol. The fourth-order valence-electron chi connectivity index (χ4n) is 2.81. The normalized spacial score (nSPS) is 21.7. The number of imidazole rings is 1. The summed E-state index contributed by atoms with van der Waals surface area (Å²) in [4.78, 5) is 36.0. The molecule has 0 aliphatic carbocycles. The van der Waals surface area contributed by atoms with Gasteiger partial charge in [-0.3, -0.25) is 13.9 Å². The molecule has 166 valence electrons. The van der Waals surface area contributed by atoms with Crippen molar-refractivity contribution in [1.82, 2.24) is 19.5 Å². The van der Waals surface area contributed by atoms with Crippen molar-refractivity contribution in [2.45, 2.75) is 45.9 Å². The van der Waals surface area contributed by atoms with Gasteiger partial charge < -0.3 is 24.4 Å². The van der Waals surface area contributed by atoms with Crippen LogP contribution in [-0.4, -0.2) is 49.7 Å². The lowest BCUT2D eigenvalue weighted by Gasteiger charge is -2.24. The molecule has 3 unspecified atom stereocenters. The van der Waals surface area contributed by atoms with Crippen LogP contribution in [0.25, 0.3) is 11.2 Å². The zero-order valence-corrected chi connectivity index (χ0v) is 18.7. The molecule has 2 aromatic rings. The fourth-order valence-corrected chi connectivity index (χ4v) is 4.45. The maximum absolute atomic E-state index is 11.9. The van der Waals surface area contributed by atoms with E-state index >= 15 is 0 Å². The van der Waals surface area contributed by atoms with Crippen molar-refractivity contribution in [3.05, 3.63) is 12.7 Å². The Kier molecular flexibility index (Phi) is 7.16. The standard InChI is InChI=1S/C17H26N5O6PS/c1-17(2,3)16(23)30-7-6-26-29(24,25)27-8-11-4-5-12(28-11)22-10-21-13-14(18)19-9-20-15(13)22/h9-12H,4-8H2,1-3H3,(H,24,25)(H2,18,19,20)/p-1. The second-order valence-corrected chi connectivity index (χ2v) is 10.3. The Bertz CT molecular complexity index is 948. The minimum absolute atomic E-state index is 0.0304. The Morgan fingerprint density at radius 1 is 1.37 bits per heavy atom. The molecule has 2 N–H and O–H groups in total. The summed E-state index contributed by atoms with van der Waals surface area (Å²) in [6.07, 6.45) is 3.38. The average molecular weight is 458 g/mol. The number of rotatable bonds is 8. The predicted octanol–water partition coefficient (Wildman–Crippen LogP) is 1.89. The van der Waals surface area contributed by atoms with E-state index in [4.69, 9.17) is 19.5 Å². The summed E-state index contributed by atoms with van der Waals surface area (Å²) in [7, 11) is -4.48. The van der Waals surface area contributed by atoms with Crippen LogP contribution in [-0.2, 0) is 23.1 Å². The van der Waals surface area contributed by atoms with E-state index in [9.17, 15) is 14.3 Å². The van der Waals surface area contributed by atoms with Gasteiger partial charge in [-0.2, -0.15) is 0 Å². The third-order valence-electron chi connectivity index (χ3n) is 4.38. The maximum atomic E-state index is 11.9. The average Bonchev–Trinajstić information content (AvgIpc) is 3.30. The number of nitrogens with two attached hydrogens (primary N) is 1. The van der Waals surface area contributed by atoms with Crippen molar-refractivity contribution in [2.75, 3.05) is 24.7 Å². The molecule has 13 heteroatoms. The quantitative estimate of drug-likeness (QED) is 0.455. The second kappa shape index (κ2) is 9.29. The smallest absolute Gasteiger partial charge is 0.267 e. The molecule has 11 nitrogen and oxygen atoms in total. The van der Waals surface area contributed by atoms with Crippen molar-refractivity contribution < 1.29 is 28.0 Å². The Morgan fingerprint density at radius 3 is 2.87 bits per heavy atom. The first-order valence-corrected chi connectivity index (χ1v) is 11.9.